The molecule has 1 aliphatic rings. The minimum absolute atomic E-state index is 0.0897. The zero-order valence-corrected chi connectivity index (χ0v) is 19.4. The van der Waals surface area contributed by atoms with Crippen molar-refractivity contribution in [3.05, 3.63) is 59.7 Å². The van der Waals surface area contributed by atoms with Crippen molar-refractivity contribution in [1.29, 1.82) is 0 Å². The van der Waals surface area contributed by atoms with Crippen molar-refractivity contribution >= 4 is 15.9 Å². The van der Waals surface area contributed by atoms with Gasteiger partial charge in [0, 0.05) is 32.6 Å². The van der Waals surface area contributed by atoms with Gasteiger partial charge in [0.05, 0.1) is 12.0 Å². The topological polar surface area (TPSA) is 66.9 Å². The van der Waals surface area contributed by atoms with Crippen molar-refractivity contribution < 1.29 is 17.9 Å². The maximum Gasteiger partial charge on any atom is 0.243 e. The summed E-state index contributed by atoms with van der Waals surface area (Å²) in [7, 11) is -1.89. The van der Waals surface area contributed by atoms with Gasteiger partial charge in [-0.3, -0.25) is 4.79 Å². The van der Waals surface area contributed by atoms with Gasteiger partial charge in [0.25, 0.3) is 0 Å². The molecule has 2 aromatic rings. The maximum atomic E-state index is 12.9. The van der Waals surface area contributed by atoms with Crippen molar-refractivity contribution in [2.45, 2.75) is 43.9 Å². The number of methoxy groups -OCH3 is 1. The maximum absolute atomic E-state index is 12.9. The highest BCUT2D eigenvalue weighted by molar-refractivity contribution is 7.89. The molecule has 1 heterocycles. The number of hydrogen-bond acceptors (Lipinski definition) is 4. The highest BCUT2D eigenvalue weighted by atomic mass is 32.2. The van der Waals surface area contributed by atoms with Crippen LogP contribution in [0, 0.1) is 0 Å². The molecule has 0 atom stereocenters. The Labute approximate surface area is 185 Å². The SMILES string of the molecule is COc1ccc(CCCC(=O)N2CCN(S(=O)(=O)c3ccc(C(C)C)cc3)CC2)cc1. The van der Waals surface area contributed by atoms with E-state index in [-0.39, 0.29) is 5.91 Å². The number of piperazine rings is 1. The lowest BCUT2D eigenvalue weighted by atomic mass is 10.0. The van der Waals surface area contributed by atoms with Gasteiger partial charge in [-0.05, 0) is 54.2 Å². The Kier molecular flexibility index (Phi) is 7.73. The van der Waals surface area contributed by atoms with E-state index in [1.54, 1.807) is 24.1 Å². The van der Waals surface area contributed by atoms with Crippen molar-refractivity contribution in [1.82, 2.24) is 9.21 Å². The third-order valence-corrected chi connectivity index (χ3v) is 7.70. The molecule has 3 rings (SSSR count). The Morgan fingerprint density at radius 3 is 2.13 bits per heavy atom. The Hall–Kier alpha value is -2.38. The molecule has 168 valence electrons. The Bertz CT molecular complexity index is 962. The van der Waals surface area contributed by atoms with Crippen LogP contribution in [0.4, 0.5) is 0 Å². The van der Waals surface area contributed by atoms with E-state index in [0.717, 1.165) is 24.2 Å². The first-order valence-electron chi connectivity index (χ1n) is 10.8. The molecule has 2 aromatic carbocycles. The van der Waals surface area contributed by atoms with Crippen LogP contribution in [0.1, 0.15) is 43.7 Å². The largest absolute Gasteiger partial charge is 0.497 e. The molecule has 1 amide bonds. The van der Waals surface area contributed by atoms with E-state index in [1.807, 2.05) is 36.4 Å². The third-order valence-electron chi connectivity index (χ3n) is 5.79. The number of carbonyl (C=O) groups excluding carboxylic acids is 1. The fraction of sp³-hybridized carbons (Fsp3) is 0.458. The molecule has 1 fully saturated rings. The number of amides is 1. The lowest BCUT2D eigenvalue weighted by Crippen LogP contribution is -2.50. The number of nitrogens with zero attached hydrogens (tertiary/aromatic N) is 2. The normalized spacial score (nSPS) is 15.3. The van der Waals surface area contributed by atoms with Gasteiger partial charge in [-0.25, -0.2) is 8.42 Å². The van der Waals surface area contributed by atoms with Gasteiger partial charge in [-0.2, -0.15) is 4.31 Å². The van der Waals surface area contributed by atoms with Crippen molar-refractivity contribution in [2.24, 2.45) is 0 Å². The lowest BCUT2D eigenvalue weighted by Gasteiger charge is -2.34. The van der Waals surface area contributed by atoms with Gasteiger partial charge < -0.3 is 9.64 Å². The Balaban J connectivity index is 1.48. The average molecular weight is 445 g/mol. The summed E-state index contributed by atoms with van der Waals surface area (Å²) >= 11 is 0. The predicted molar refractivity (Wildman–Crippen MR) is 122 cm³/mol. The van der Waals surface area contributed by atoms with Gasteiger partial charge >= 0.3 is 0 Å². The average Bonchev–Trinajstić information content (AvgIpc) is 2.79. The van der Waals surface area contributed by atoms with Crippen LogP contribution in [0.2, 0.25) is 0 Å². The fourth-order valence-electron chi connectivity index (χ4n) is 3.75. The van der Waals surface area contributed by atoms with Crippen LogP contribution in [0.5, 0.6) is 5.75 Å². The first-order valence-corrected chi connectivity index (χ1v) is 12.3. The summed E-state index contributed by atoms with van der Waals surface area (Å²) in [5.41, 5.74) is 2.29. The number of ether oxygens (including phenoxy) is 1. The van der Waals surface area contributed by atoms with E-state index >= 15 is 0 Å². The summed E-state index contributed by atoms with van der Waals surface area (Å²) < 4.78 is 32.5. The van der Waals surface area contributed by atoms with Gasteiger partial charge in [0.1, 0.15) is 5.75 Å². The monoisotopic (exact) mass is 444 g/mol. The number of hydrogen-bond donors (Lipinski definition) is 0. The molecule has 6 nitrogen and oxygen atoms in total. The minimum atomic E-state index is -3.53. The smallest absolute Gasteiger partial charge is 0.243 e. The van der Waals surface area contributed by atoms with E-state index < -0.39 is 10.0 Å². The molecule has 0 spiro atoms. The van der Waals surface area contributed by atoms with Gasteiger partial charge in [-0.15, -0.1) is 0 Å². The first-order chi connectivity index (χ1) is 14.8. The van der Waals surface area contributed by atoms with Crippen LogP contribution in [0.3, 0.4) is 0 Å². The quantitative estimate of drug-likeness (QED) is 0.623. The van der Waals surface area contributed by atoms with Gasteiger partial charge in [-0.1, -0.05) is 38.1 Å². The van der Waals surface area contributed by atoms with Crippen LogP contribution in [-0.2, 0) is 21.2 Å². The van der Waals surface area contributed by atoms with E-state index in [2.05, 4.69) is 13.8 Å². The molecule has 0 aromatic heterocycles. The van der Waals surface area contributed by atoms with Crippen LogP contribution in [0.25, 0.3) is 0 Å². The second-order valence-electron chi connectivity index (χ2n) is 8.21. The van der Waals surface area contributed by atoms with E-state index in [4.69, 9.17) is 4.74 Å². The zero-order chi connectivity index (χ0) is 22.4. The van der Waals surface area contributed by atoms with Crippen molar-refractivity contribution in [2.75, 3.05) is 33.3 Å². The highest BCUT2D eigenvalue weighted by Gasteiger charge is 2.29. The Morgan fingerprint density at radius 1 is 0.968 bits per heavy atom. The van der Waals surface area contributed by atoms with Crippen LogP contribution < -0.4 is 4.74 Å². The molecule has 0 bridgehead atoms. The number of aryl methyl sites for hydroxylation is 1. The number of benzene rings is 2. The van der Waals surface area contributed by atoms with Crippen molar-refractivity contribution in [3.63, 3.8) is 0 Å². The minimum Gasteiger partial charge on any atom is -0.497 e. The molecule has 7 heteroatoms. The second kappa shape index (κ2) is 10.3. The number of carbonyl (C=O) groups is 1. The molecule has 1 saturated heterocycles. The molecule has 0 radical (unpaired) electrons. The Morgan fingerprint density at radius 2 is 1.58 bits per heavy atom. The van der Waals surface area contributed by atoms with Crippen LogP contribution in [-0.4, -0.2) is 56.8 Å². The predicted octanol–water partition coefficient (Wildman–Crippen LogP) is 3.67. The fourth-order valence-corrected chi connectivity index (χ4v) is 5.17. The summed E-state index contributed by atoms with van der Waals surface area (Å²) in [6.45, 7) is 5.69. The summed E-state index contributed by atoms with van der Waals surface area (Å²) in [6, 6.07) is 15.0. The lowest BCUT2D eigenvalue weighted by molar-refractivity contribution is -0.132. The summed E-state index contributed by atoms with van der Waals surface area (Å²) in [5.74, 6) is 1.27. The third kappa shape index (κ3) is 5.86. The van der Waals surface area contributed by atoms with Crippen LogP contribution in [0.15, 0.2) is 53.4 Å². The molecule has 31 heavy (non-hydrogen) atoms. The van der Waals surface area contributed by atoms with E-state index in [1.165, 1.54) is 9.87 Å². The molecule has 0 aliphatic carbocycles. The number of rotatable bonds is 8. The molecule has 1 aliphatic heterocycles. The molecular weight excluding hydrogens is 412 g/mol. The standard InChI is InChI=1S/C24H32N2O4S/c1-19(2)21-9-13-23(14-10-21)31(28,29)26-17-15-25(16-18-26)24(27)6-4-5-20-7-11-22(30-3)12-8-20/h7-14,19H,4-6,15-18H2,1-3H3. The molecule has 0 unspecified atom stereocenters. The summed E-state index contributed by atoms with van der Waals surface area (Å²) in [5, 5.41) is 0. The number of sulfonamides is 1. The zero-order valence-electron chi connectivity index (χ0n) is 18.6. The summed E-state index contributed by atoms with van der Waals surface area (Å²) in [6.07, 6.45) is 2.07. The summed E-state index contributed by atoms with van der Waals surface area (Å²) in [4.78, 5) is 14.6. The van der Waals surface area contributed by atoms with Crippen molar-refractivity contribution in [3.8, 4) is 5.75 Å². The molecule has 0 saturated carbocycles. The van der Waals surface area contributed by atoms with Gasteiger partial charge in [0.2, 0.25) is 15.9 Å². The van der Waals surface area contributed by atoms with E-state index in [0.29, 0.717) is 43.4 Å². The first kappa shape index (κ1) is 23.3. The molecule has 0 N–H and O–H groups in total. The van der Waals surface area contributed by atoms with E-state index in [9.17, 15) is 13.2 Å². The van der Waals surface area contributed by atoms with Crippen LogP contribution >= 0.6 is 0 Å². The highest BCUT2D eigenvalue weighted by Crippen LogP contribution is 2.21. The molecular formula is C24H32N2O4S. The van der Waals surface area contributed by atoms with Gasteiger partial charge in [0.15, 0.2) is 0 Å². The second-order valence-corrected chi connectivity index (χ2v) is 10.1.